The van der Waals surface area contributed by atoms with Gasteiger partial charge in [-0.2, -0.15) is 20.2 Å². The van der Waals surface area contributed by atoms with Gasteiger partial charge >= 0.3 is 6.09 Å². The van der Waals surface area contributed by atoms with Crippen molar-refractivity contribution in [3.05, 3.63) is 181 Å². The van der Waals surface area contributed by atoms with Crippen LogP contribution >= 0.6 is 55.1 Å². The van der Waals surface area contributed by atoms with E-state index in [-0.39, 0.29) is 51.1 Å². The minimum Gasteiger partial charge on any atom is -0.507 e. The van der Waals surface area contributed by atoms with Crippen molar-refractivity contribution in [2.75, 3.05) is 5.32 Å². The number of amides is 1. The number of aromatic nitrogens is 14. The van der Waals surface area contributed by atoms with Gasteiger partial charge in [0.2, 0.25) is 11.6 Å². The van der Waals surface area contributed by atoms with Crippen molar-refractivity contribution < 1.29 is 39.0 Å². The molecular weight excluding hydrogens is 1340 g/mol. The maximum Gasteiger partial charge on any atom is 0.412 e. The number of rotatable bonds is 10. The summed E-state index contributed by atoms with van der Waals surface area (Å²) in [7, 11) is 0. The Hall–Kier alpha value is -9.95. The van der Waals surface area contributed by atoms with Gasteiger partial charge in [0.05, 0.1) is 37.4 Å². The van der Waals surface area contributed by atoms with E-state index in [1.54, 1.807) is 88.0 Å². The molecule has 8 aromatic heterocycles. The second kappa shape index (κ2) is 28.7. The van der Waals surface area contributed by atoms with Gasteiger partial charge in [-0.25, -0.2) is 14.8 Å². The number of carbonyl (C=O) groups excluding carboxylic acids is 1. The molecule has 0 atom stereocenters. The van der Waals surface area contributed by atoms with Gasteiger partial charge < -0.3 is 34.2 Å². The van der Waals surface area contributed by atoms with Gasteiger partial charge in [0.15, 0.2) is 29.0 Å². The van der Waals surface area contributed by atoms with Crippen molar-refractivity contribution >= 4 is 66.8 Å². The van der Waals surface area contributed by atoms with Gasteiger partial charge in [0, 0.05) is 34.3 Å². The number of aromatic amines is 2. The van der Waals surface area contributed by atoms with Gasteiger partial charge in [0.1, 0.15) is 45.6 Å². The van der Waals surface area contributed by atoms with Crippen LogP contribution in [-0.2, 0) is 4.74 Å². The van der Waals surface area contributed by atoms with Gasteiger partial charge in [-0.3, -0.25) is 35.5 Å². The number of ether oxygens (including phenoxy) is 1. The molecule has 27 heteroatoms. The number of pyridine rings is 4. The van der Waals surface area contributed by atoms with Gasteiger partial charge in [-0.15, -0.1) is 0 Å². The average molecular weight is 1390 g/mol. The van der Waals surface area contributed by atoms with Crippen LogP contribution in [0.25, 0.3) is 91.8 Å². The normalized spacial score (nSPS) is 11.0. The number of aromatic hydroxyl groups is 4. The van der Waals surface area contributed by atoms with Crippen LogP contribution in [0.5, 0.6) is 23.0 Å². The molecule has 0 spiro atoms. The fourth-order valence-electron chi connectivity index (χ4n) is 8.64. The van der Waals surface area contributed by atoms with Crippen molar-refractivity contribution in [3.63, 3.8) is 0 Å². The van der Waals surface area contributed by atoms with Crippen molar-refractivity contribution in [1.29, 1.82) is 0 Å². The Bertz CT molecular complexity index is 4430. The smallest absolute Gasteiger partial charge is 0.412 e. The second-order valence-corrected chi connectivity index (χ2v) is 23.9. The standard InChI is InChI=1S/C19H20N4O4.C17H17N3O2.C14H10Br2N4O.C14H10Cl2N4O/c1-11-7-6-10-20-14(11)16-22-17(27-23-16)12-8-5-9-13(15(12)24)21-18(25)26-19(2,3)4;1-10(2)12-7-4-8-13(15(12)21)17-19-16(20-22-17)14-11(3)6-5-9-18-14;2*1-7-3-2-4-17-11(7)14-18-13(19-20-14)9-5-8(15)6-10(16)12(9)21/h5-10,24H,1-4H3,(H,21,25);4-10,21H,1-3H3;2*2-6,21H,1H3,(H,18,19,20). The minimum atomic E-state index is -0.676. The highest BCUT2D eigenvalue weighted by atomic mass is 79.9. The van der Waals surface area contributed by atoms with E-state index in [2.05, 4.69) is 108 Å². The van der Waals surface area contributed by atoms with E-state index in [1.165, 1.54) is 6.07 Å². The SMILES string of the molecule is Cc1cccnc1-c1nc(-c2cc(Br)cc(Br)c2O)n[nH]1.Cc1cccnc1-c1nc(-c2cc(Cl)cc(Cl)c2O)n[nH]1.Cc1cccnc1-c1noc(-c2cccc(C(C)C)c2O)n1.Cc1cccnc1-c1noc(-c2cccc(NC(=O)OC(C)(C)C)c2O)n1. The molecule has 0 aliphatic rings. The summed E-state index contributed by atoms with van der Waals surface area (Å²) >= 11 is 18.5. The van der Waals surface area contributed by atoms with Gasteiger partial charge in [0.25, 0.3) is 11.8 Å². The molecule has 4 aromatic carbocycles. The molecular formula is C64H57Br2Cl2N15O8. The molecule has 8 heterocycles. The Morgan fingerprint density at radius 3 is 1.48 bits per heavy atom. The highest BCUT2D eigenvalue weighted by Crippen LogP contribution is 2.41. The fourth-order valence-corrected chi connectivity index (χ4v) is 10.4. The number of phenols is 4. The number of hydrogen-bond donors (Lipinski definition) is 7. The van der Waals surface area contributed by atoms with Crippen LogP contribution in [0.2, 0.25) is 10.0 Å². The molecule has 23 nitrogen and oxygen atoms in total. The highest BCUT2D eigenvalue weighted by molar-refractivity contribution is 9.11. The summed E-state index contributed by atoms with van der Waals surface area (Å²) in [4.78, 5) is 46.5. The number of anilines is 1. The Balaban J connectivity index is 0.000000144. The Kier molecular flexibility index (Phi) is 20.6. The Morgan fingerprint density at radius 1 is 0.549 bits per heavy atom. The number of para-hydroxylation sites is 2. The van der Waals surface area contributed by atoms with Crippen molar-refractivity contribution in [1.82, 2.24) is 70.6 Å². The predicted molar refractivity (Wildman–Crippen MR) is 351 cm³/mol. The predicted octanol–water partition coefficient (Wildman–Crippen LogP) is 16.0. The largest absolute Gasteiger partial charge is 0.507 e. The minimum absolute atomic E-state index is 0.0986. The molecule has 464 valence electrons. The lowest BCUT2D eigenvalue weighted by Gasteiger charge is -2.20. The molecule has 0 unspecified atom stereocenters. The highest BCUT2D eigenvalue weighted by Gasteiger charge is 2.24. The van der Waals surface area contributed by atoms with Gasteiger partial charge in [-0.05, 0) is 165 Å². The molecule has 0 aliphatic heterocycles. The zero-order chi connectivity index (χ0) is 65.3. The van der Waals surface area contributed by atoms with Crippen molar-refractivity contribution in [2.24, 2.45) is 0 Å². The summed E-state index contributed by atoms with van der Waals surface area (Å²) in [6.07, 6.45) is 6.04. The van der Waals surface area contributed by atoms with Gasteiger partial charge in [-0.1, -0.05) is 106 Å². The number of halogens is 4. The Morgan fingerprint density at radius 2 is 1.01 bits per heavy atom. The number of benzene rings is 4. The van der Waals surface area contributed by atoms with Crippen molar-refractivity contribution in [2.45, 2.75) is 73.8 Å². The van der Waals surface area contributed by atoms with E-state index in [0.29, 0.717) is 84.1 Å². The first-order valence-electron chi connectivity index (χ1n) is 27.7. The summed E-state index contributed by atoms with van der Waals surface area (Å²) in [6.45, 7) is 17.0. The number of carbonyl (C=O) groups is 1. The lowest BCUT2D eigenvalue weighted by Crippen LogP contribution is -2.27. The summed E-state index contributed by atoms with van der Waals surface area (Å²) in [5, 5.41) is 66.0. The molecule has 12 aromatic rings. The first kappa shape index (κ1) is 65.5. The van der Waals surface area contributed by atoms with Crippen LogP contribution in [0.1, 0.15) is 68.4 Å². The summed E-state index contributed by atoms with van der Waals surface area (Å²) in [5.74, 6) is 3.12. The van der Waals surface area contributed by atoms with E-state index in [0.717, 1.165) is 38.0 Å². The van der Waals surface area contributed by atoms with Crippen LogP contribution in [-0.4, -0.2) is 103 Å². The molecule has 7 N–H and O–H groups in total. The molecule has 91 heavy (non-hydrogen) atoms. The quantitative estimate of drug-likeness (QED) is 0.0625. The number of H-pyrrole nitrogens is 2. The van der Waals surface area contributed by atoms with Crippen LogP contribution in [0.15, 0.2) is 152 Å². The number of phenolic OH excluding ortho intramolecular Hbond substituents is 4. The third-order valence-electron chi connectivity index (χ3n) is 13.1. The maximum atomic E-state index is 12.0. The zero-order valence-electron chi connectivity index (χ0n) is 50.1. The first-order chi connectivity index (χ1) is 43.4. The molecule has 0 aliphatic carbocycles. The van der Waals surface area contributed by atoms with E-state index >= 15 is 0 Å². The molecule has 1 amide bonds. The number of nitrogens with one attached hydrogen (secondary N) is 3. The van der Waals surface area contributed by atoms with Crippen LogP contribution in [0.4, 0.5) is 10.5 Å². The number of hydrogen-bond acceptors (Lipinski definition) is 20. The lowest BCUT2D eigenvalue weighted by molar-refractivity contribution is 0.0635. The molecule has 0 saturated carbocycles. The summed E-state index contributed by atoms with van der Waals surface area (Å²) in [6, 6.07) is 32.0. The van der Waals surface area contributed by atoms with Crippen molar-refractivity contribution in [3.8, 4) is 115 Å². The lowest BCUT2D eigenvalue weighted by atomic mass is 9.99. The first-order valence-corrected chi connectivity index (χ1v) is 30.0. The third kappa shape index (κ3) is 15.9. The van der Waals surface area contributed by atoms with Crippen LogP contribution < -0.4 is 5.32 Å². The number of aryl methyl sites for hydroxylation is 4. The maximum absolute atomic E-state index is 12.0. The zero-order valence-corrected chi connectivity index (χ0v) is 54.8. The summed E-state index contributed by atoms with van der Waals surface area (Å²) < 4.78 is 17.2. The molecule has 0 radical (unpaired) electrons. The molecule has 0 bridgehead atoms. The monoisotopic (exact) mass is 1390 g/mol. The van der Waals surface area contributed by atoms with E-state index in [1.807, 2.05) is 102 Å². The summed E-state index contributed by atoms with van der Waals surface area (Å²) in [5.41, 5.74) is 8.64. The topological polar surface area (TPSA) is 332 Å². The van der Waals surface area contributed by atoms with E-state index in [4.69, 9.17) is 37.0 Å². The van der Waals surface area contributed by atoms with Crippen LogP contribution in [0, 0.1) is 27.7 Å². The number of nitrogens with zero attached hydrogens (tertiary/aromatic N) is 12. The molecule has 0 saturated heterocycles. The average Bonchev–Trinajstić information content (AvgIpc) is 3.99. The Labute approximate surface area is 547 Å². The third-order valence-corrected chi connectivity index (χ3v) is 14.7. The van der Waals surface area contributed by atoms with E-state index < -0.39 is 11.7 Å². The molecule has 0 fully saturated rings. The van der Waals surface area contributed by atoms with E-state index in [9.17, 15) is 25.2 Å². The fraction of sp³-hybridized carbons (Fsp3) is 0.172. The molecule has 12 rings (SSSR count). The second-order valence-electron chi connectivity index (χ2n) is 21.3. The van der Waals surface area contributed by atoms with Crippen LogP contribution in [0.3, 0.4) is 0 Å².